The molecule has 3 nitrogen and oxygen atoms in total. The Balaban J connectivity index is 2.30. The molecule has 0 bridgehead atoms. The lowest BCUT2D eigenvalue weighted by Gasteiger charge is -2.18. The van der Waals surface area contributed by atoms with Crippen LogP contribution in [-0.2, 0) is 10.0 Å². The van der Waals surface area contributed by atoms with Crippen LogP contribution in [0.15, 0.2) is 26.0 Å². The number of hydrogen-bond donors (Lipinski definition) is 0. The molecule has 1 fully saturated rings. The van der Waals surface area contributed by atoms with Gasteiger partial charge in [-0.1, -0.05) is 29.3 Å². The van der Waals surface area contributed by atoms with Crippen LogP contribution in [0.2, 0.25) is 0 Å². The van der Waals surface area contributed by atoms with Crippen molar-refractivity contribution in [2.75, 3.05) is 13.1 Å². The molecule has 1 unspecified atom stereocenters. The molecule has 1 aromatic rings. The van der Waals surface area contributed by atoms with Crippen molar-refractivity contribution in [3.8, 4) is 0 Å². The number of benzene rings is 1. The second-order valence-corrected chi connectivity index (χ2v) is 8.95. The van der Waals surface area contributed by atoms with E-state index < -0.39 is 10.0 Å². The lowest BCUT2D eigenvalue weighted by molar-refractivity contribution is 0.444. The molecule has 0 aliphatic carbocycles. The van der Waals surface area contributed by atoms with E-state index in [1.165, 1.54) is 0 Å². The van der Waals surface area contributed by atoms with Crippen molar-refractivity contribution >= 4 is 41.9 Å². The molecule has 0 aromatic heterocycles. The van der Waals surface area contributed by atoms with Crippen LogP contribution in [0.1, 0.15) is 31.7 Å². The Morgan fingerprint density at radius 2 is 2.00 bits per heavy atom. The van der Waals surface area contributed by atoms with Gasteiger partial charge in [0.1, 0.15) is 0 Å². The maximum Gasteiger partial charge on any atom is 0.244 e. The summed E-state index contributed by atoms with van der Waals surface area (Å²) in [6.07, 6.45) is 3.18. The molecule has 1 aromatic carbocycles. The quantitative estimate of drug-likeness (QED) is 0.721. The molecule has 1 atom stereocenters. The molecule has 0 amide bonds. The van der Waals surface area contributed by atoms with Crippen LogP contribution in [0.3, 0.4) is 0 Å². The zero-order valence-corrected chi connectivity index (χ0v) is 15.7. The highest BCUT2D eigenvalue weighted by Gasteiger charge is 2.33. The van der Waals surface area contributed by atoms with E-state index in [2.05, 4.69) is 38.8 Å². The number of nitrogens with zero attached hydrogens (tertiary/aromatic N) is 1. The lowest BCUT2D eigenvalue weighted by atomic mass is 10.0. The van der Waals surface area contributed by atoms with E-state index in [4.69, 9.17) is 0 Å². The van der Waals surface area contributed by atoms with E-state index in [9.17, 15) is 8.42 Å². The van der Waals surface area contributed by atoms with E-state index in [1.807, 2.05) is 13.0 Å². The van der Waals surface area contributed by atoms with Gasteiger partial charge in [-0.3, -0.25) is 0 Å². The van der Waals surface area contributed by atoms with Gasteiger partial charge in [0.25, 0.3) is 0 Å². The molecule has 112 valence electrons. The van der Waals surface area contributed by atoms with Gasteiger partial charge in [0.05, 0.1) is 4.90 Å². The first kappa shape index (κ1) is 16.5. The standard InChI is InChI=1S/C14H19Br2NO2S/c1-3-4-11-5-6-17(9-11)20(18,19)14-8-12(15)10(2)7-13(14)16/h7-8,11H,3-6,9H2,1-2H3. The number of halogens is 2. The summed E-state index contributed by atoms with van der Waals surface area (Å²) in [5, 5.41) is 0. The van der Waals surface area contributed by atoms with E-state index in [1.54, 1.807) is 10.4 Å². The Labute approximate surface area is 138 Å². The number of hydrogen-bond acceptors (Lipinski definition) is 2. The van der Waals surface area contributed by atoms with Crippen molar-refractivity contribution in [3.05, 3.63) is 26.6 Å². The van der Waals surface area contributed by atoms with Gasteiger partial charge in [0.15, 0.2) is 0 Å². The molecule has 1 heterocycles. The number of aryl methyl sites for hydroxylation is 1. The molecule has 0 N–H and O–H groups in total. The second-order valence-electron chi connectivity index (χ2n) is 5.34. The number of sulfonamides is 1. The fourth-order valence-corrected chi connectivity index (χ4v) is 5.79. The van der Waals surface area contributed by atoms with Gasteiger partial charge < -0.3 is 0 Å². The van der Waals surface area contributed by atoms with Gasteiger partial charge in [-0.2, -0.15) is 4.31 Å². The van der Waals surface area contributed by atoms with Crippen molar-refractivity contribution in [3.63, 3.8) is 0 Å². The minimum atomic E-state index is -3.40. The van der Waals surface area contributed by atoms with Crippen molar-refractivity contribution in [1.82, 2.24) is 4.31 Å². The highest BCUT2D eigenvalue weighted by atomic mass is 79.9. The lowest BCUT2D eigenvalue weighted by Crippen LogP contribution is -2.29. The van der Waals surface area contributed by atoms with Crippen LogP contribution < -0.4 is 0 Å². The molecule has 6 heteroatoms. The smallest absolute Gasteiger partial charge is 0.207 e. The SMILES string of the molecule is CCCC1CCN(S(=O)(=O)c2cc(Br)c(C)cc2Br)C1. The van der Waals surface area contributed by atoms with Gasteiger partial charge in [-0.25, -0.2) is 8.42 Å². The Kier molecular flexibility index (Phi) is 5.32. The Hall–Kier alpha value is 0.0900. The summed E-state index contributed by atoms with van der Waals surface area (Å²) in [6.45, 7) is 5.36. The third kappa shape index (κ3) is 3.29. The van der Waals surface area contributed by atoms with Gasteiger partial charge in [-0.15, -0.1) is 0 Å². The summed E-state index contributed by atoms with van der Waals surface area (Å²) in [4.78, 5) is 0.354. The summed E-state index contributed by atoms with van der Waals surface area (Å²) < 4.78 is 28.6. The first-order valence-corrected chi connectivity index (χ1v) is 9.84. The summed E-state index contributed by atoms with van der Waals surface area (Å²) >= 11 is 6.80. The maximum atomic E-state index is 12.7. The van der Waals surface area contributed by atoms with E-state index in [0.717, 1.165) is 29.3 Å². The summed E-state index contributed by atoms with van der Waals surface area (Å²) in [6, 6.07) is 3.54. The predicted molar refractivity (Wildman–Crippen MR) is 88.4 cm³/mol. The molecular formula is C14H19Br2NO2S. The molecule has 0 spiro atoms. The summed E-state index contributed by atoms with van der Waals surface area (Å²) in [7, 11) is -3.40. The molecule has 1 aliphatic rings. The molecule has 2 rings (SSSR count). The zero-order chi connectivity index (χ0) is 14.9. The van der Waals surface area contributed by atoms with Crippen molar-refractivity contribution in [2.45, 2.75) is 38.0 Å². The summed E-state index contributed by atoms with van der Waals surface area (Å²) in [5.74, 6) is 0.502. The van der Waals surface area contributed by atoms with Gasteiger partial charge in [0, 0.05) is 22.0 Å². The van der Waals surface area contributed by atoms with E-state index in [-0.39, 0.29) is 0 Å². The normalized spacial score (nSPS) is 20.5. The molecule has 1 aliphatic heterocycles. The Morgan fingerprint density at radius 1 is 1.30 bits per heavy atom. The number of rotatable bonds is 4. The van der Waals surface area contributed by atoms with Crippen LogP contribution in [0.5, 0.6) is 0 Å². The molecular weight excluding hydrogens is 406 g/mol. The fourth-order valence-electron chi connectivity index (χ4n) is 2.62. The highest BCUT2D eigenvalue weighted by molar-refractivity contribution is 9.11. The van der Waals surface area contributed by atoms with Gasteiger partial charge >= 0.3 is 0 Å². The largest absolute Gasteiger partial charge is 0.244 e. The molecule has 0 saturated carbocycles. The van der Waals surface area contributed by atoms with Crippen molar-refractivity contribution in [2.24, 2.45) is 5.92 Å². The molecule has 0 radical (unpaired) electrons. The fraction of sp³-hybridized carbons (Fsp3) is 0.571. The maximum absolute atomic E-state index is 12.7. The van der Waals surface area contributed by atoms with Crippen molar-refractivity contribution < 1.29 is 8.42 Å². The van der Waals surface area contributed by atoms with Gasteiger partial charge in [0.2, 0.25) is 10.0 Å². The Bertz CT molecular complexity index is 601. The zero-order valence-electron chi connectivity index (χ0n) is 11.7. The minimum Gasteiger partial charge on any atom is -0.207 e. The third-order valence-corrected chi connectivity index (χ3v) is 7.45. The van der Waals surface area contributed by atoms with Crippen molar-refractivity contribution in [1.29, 1.82) is 0 Å². The third-order valence-electron chi connectivity index (χ3n) is 3.78. The van der Waals surface area contributed by atoms with Crippen LogP contribution in [-0.4, -0.2) is 25.8 Å². The predicted octanol–water partition coefficient (Wildman–Crippen LogP) is 4.33. The first-order valence-electron chi connectivity index (χ1n) is 6.82. The van der Waals surface area contributed by atoms with Crippen LogP contribution in [0.4, 0.5) is 0 Å². The topological polar surface area (TPSA) is 37.4 Å². The monoisotopic (exact) mass is 423 g/mol. The van der Waals surface area contributed by atoms with E-state index in [0.29, 0.717) is 28.4 Å². The van der Waals surface area contributed by atoms with Crippen LogP contribution >= 0.6 is 31.9 Å². The second kappa shape index (κ2) is 6.46. The van der Waals surface area contributed by atoms with E-state index >= 15 is 0 Å². The minimum absolute atomic E-state index is 0.354. The average Bonchev–Trinajstić information content (AvgIpc) is 2.83. The molecule has 20 heavy (non-hydrogen) atoms. The van der Waals surface area contributed by atoms with Crippen LogP contribution in [0, 0.1) is 12.8 Å². The summed E-state index contributed by atoms with van der Waals surface area (Å²) in [5.41, 5.74) is 1.01. The highest BCUT2D eigenvalue weighted by Crippen LogP contribution is 2.33. The van der Waals surface area contributed by atoms with Gasteiger partial charge in [-0.05, 0) is 59.3 Å². The van der Waals surface area contributed by atoms with Crippen LogP contribution in [0.25, 0.3) is 0 Å². The average molecular weight is 425 g/mol. The Morgan fingerprint density at radius 3 is 2.65 bits per heavy atom. The first-order chi connectivity index (χ1) is 9.36. The molecule has 1 saturated heterocycles.